The number of nitrogens with one attached hydrogen (secondary N) is 1. The van der Waals surface area contributed by atoms with Gasteiger partial charge in [-0.25, -0.2) is 0 Å². The molecule has 0 saturated heterocycles. The molecule has 100 valence electrons. The van der Waals surface area contributed by atoms with Gasteiger partial charge in [-0.1, -0.05) is 13.0 Å². The van der Waals surface area contributed by atoms with Gasteiger partial charge in [0, 0.05) is 6.04 Å². The van der Waals surface area contributed by atoms with Gasteiger partial charge < -0.3 is 14.8 Å². The van der Waals surface area contributed by atoms with Crippen molar-refractivity contribution in [2.24, 2.45) is 0 Å². The highest BCUT2D eigenvalue weighted by Gasteiger charge is 2.31. The molecule has 1 aromatic rings. The van der Waals surface area contributed by atoms with E-state index in [0.29, 0.717) is 12.1 Å². The summed E-state index contributed by atoms with van der Waals surface area (Å²) in [7, 11) is 1.67. The number of halogens is 1. The van der Waals surface area contributed by atoms with Gasteiger partial charge in [0.2, 0.25) is 0 Å². The standard InChI is InChI=1S/C14H20BrNO2/c1-3-7-16-10-8-11(9-10)18-14-12(15)5-4-6-13(14)17-2/h4-6,10-11,16H,3,7-9H2,1-2H3. The Morgan fingerprint density at radius 1 is 1.39 bits per heavy atom. The molecule has 0 atom stereocenters. The predicted molar refractivity (Wildman–Crippen MR) is 76.4 cm³/mol. The second-order valence-corrected chi connectivity index (χ2v) is 5.49. The maximum Gasteiger partial charge on any atom is 0.175 e. The number of rotatable bonds is 6. The second kappa shape index (κ2) is 6.43. The Morgan fingerprint density at radius 2 is 2.17 bits per heavy atom. The van der Waals surface area contributed by atoms with Crippen LogP contribution in [0.5, 0.6) is 11.5 Å². The second-order valence-electron chi connectivity index (χ2n) is 4.63. The molecule has 0 heterocycles. The lowest BCUT2D eigenvalue weighted by Gasteiger charge is -2.36. The zero-order valence-corrected chi connectivity index (χ0v) is 12.5. The quantitative estimate of drug-likeness (QED) is 0.873. The molecule has 0 bridgehead atoms. The molecular weight excluding hydrogens is 294 g/mol. The third kappa shape index (κ3) is 3.18. The monoisotopic (exact) mass is 313 g/mol. The van der Waals surface area contributed by atoms with E-state index in [0.717, 1.165) is 35.4 Å². The van der Waals surface area contributed by atoms with Crippen LogP contribution in [0.25, 0.3) is 0 Å². The summed E-state index contributed by atoms with van der Waals surface area (Å²) >= 11 is 3.51. The van der Waals surface area contributed by atoms with Crippen molar-refractivity contribution in [1.29, 1.82) is 0 Å². The van der Waals surface area contributed by atoms with Crippen LogP contribution in [0.15, 0.2) is 22.7 Å². The first-order valence-corrected chi connectivity index (χ1v) is 7.26. The molecule has 3 nitrogen and oxygen atoms in total. The molecule has 1 fully saturated rings. The van der Waals surface area contributed by atoms with Crippen LogP contribution in [-0.2, 0) is 0 Å². The van der Waals surface area contributed by atoms with Crippen LogP contribution in [0.1, 0.15) is 26.2 Å². The highest BCUT2D eigenvalue weighted by Crippen LogP contribution is 2.38. The zero-order valence-electron chi connectivity index (χ0n) is 10.9. The fourth-order valence-electron chi connectivity index (χ4n) is 2.11. The maximum atomic E-state index is 6.00. The first kappa shape index (κ1) is 13.7. The van der Waals surface area contributed by atoms with Crippen LogP contribution in [0.2, 0.25) is 0 Å². The Balaban J connectivity index is 1.88. The van der Waals surface area contributed by atoms with E-state index in [1.165, 1.54) is 6.42 Å². The van der Waals surface area contributed by atoms with Gasteiger partial charge in [0.15, 0.2) is 11.5 Å². The van der Waals surface area contributed by atoms with E-state index in [9.17, 15) is 0 Å². The number of ether oxygens (including phenoxy) is 2. The van der Waals surface area contributed by atoms with Crippen molar-refractivity contribution in [2.75, 3.05) is 13.7 Å². The minimum Gasteiger partial charge on any atom is -0.493 e. The predicted octanol–water partition coefficient (Wildman–Crippen LogP) is 3.37. The summed E-state index contributed by atoms with van der Waals surface area (Å²) in [6.07, 6.45) is 3.63. The third-order valence-electron chi connectivity index (χ3n) is 3.21. The maximum absolute atomic E-state index is 6.00. The van der Waals surface area contributed by atoms with E-state index < -0.39 is 0 Å². The molecule has 0 aliphatic heterocycles. The number of hydrogen-bond donors (Lipinski definition) is 1. The minimum atomic E-state index is 0.298. The first-order valence-electron chi connectivity index (χ1n) is 6.47. The summed E-state index contributed by atoms with van der Waals surface area (Å²) in [4.78, 5) is 0. The van der Waals surface area contributed by atoms with Crippen molar-refractivity contribution >= 4 is 15.9 Å². The van der Waals surface area contributed by atoms with E-state index in [1.54, 1.807) is 7.11 Å². The van der Waals surface area contributed by atoms with Crippen molar-refractivity contribution < 1.29 is 9.47 Å². The summed E-state index contributed by atoms with van der Waals surface area (Å²) in [6, 6.07) is 6.46. The molecular formula is C14H20BrNO2. The van der Waals surface area contributed by atoms with Crippen LogP contribution >= 0.6 is 15.9 Å². The summed E-state index contributed by atoms with van der Waals surface area (Å²) < 4.78 is 12.3. The number of benzene rings is 1. The highest BCUT2D eigenvalue weighted by molar-refractivity contribution is 9.10. The third-order valence-corrected chi connectivity index (χ3v) is 3.84. The number of methoxy groups -OCH3 is 1. The van der Waals surface area contributed by atoms with Gasteiger partial charge in [-0.2, -0.15) is 0 Å². The van der Waals surface area contributed by atoms with Crippen molar-refractivity contribution in [3.05, 3.63) is 22.7 Å². The van der Waals surface area contributed by atoms with Crippen molar-refractivity contribution in [3.63, 3.8) is 0 Å². The van der Waals surface area contributed by atoms with Gasteiger partial charge in [0.25, 0.3) is 0 Å². The first-order chi connectivity index (χ1) is 8.74. The molecule has 0 aromatic heterocycles. The average Bonchev–Trinajstić information content (AvgIpc) is 2.33. The Morgan fingerprint density at radius 3 is 2.83 bits per heavy atom. The Labute approximate surface area is 117 Å². The molecule has 2 rings (SSSR count). The van der Waals surface area contributed by atoms with Crippen molar-refractivity contribution in [2.45, 2.75) is 38.3 Å². The van der Waals surface area contributed by atoms with E-state index in [1.807, 2.05) is 18.2 Å². The molecule has 4 heteroatoms. The molecule has 1 aliphatic rings. The largest absolute Gasteiger partial charge is 0.493 e. The molecule has 0 radical (unpaired) electrons. The summed E-state index contributed by atoms with van der Waals surface area (Å²) in [6.45, 7) is 3.28. The lowest BCUT2D eigenvalue weighted by atomic mass is 9.89. The van der Waals surface area contributed by atoms with Gasteiger partial charge in [-0.15, -0.1) is 0 Å². The molecule has 0 amide bonds. The van der Waals surface area contributed by atoms with Crippen LogP contribution in [0.3, 0.4) is 0 Å². The average molecular weight is 314 g/mol. The fourth-order valence-corrected chi connectivity index (χ4v) is 2.55. The fraction of sp³-hybridized carbons (Fsp3) is 0.571. The molecule has 1 saturated carbocycles. The SMILES string of the molecule is CCCNC1CC(Oc2c(Br)cccc2OC)C1. The smallest absolute Gasteiger partial charge is 0.175 e. The van der Waals surface area contributed by atoms with Crippen molar-refractivity contribution in [3.8, 4) is 11.5 Å². The summed E-state index contributed by atoms with van der Waals surface area (Å²) in [5.74, 6) is 1.60. The van der Waals surface area contributed by atoms with Gasteiger partial charge in [-0.05, 0) is 53.9 Å². The molecule has 0 spiro atoms. The minimum absolute atomic E-state index is 0.298. The van der Waals surface area contributed by atoms with Crippen molar-refractivity contribution in [1.82, 2.24) is 5.32 Å². The molecule has 18 heavy (non-hydrogen) atoms. The van der Waals surface area contributed by atoms with Gasteiger partial charge in [-0.3, -0.25) is 0 Å². The summed E-state index contributed by atoms with van der Waals surface area (Å²) in [5, 5.41) is 3.50. The number of para-hydroxylation sites is 1. The van der Waals surface area contributed by atoms with Crippen LogP contribution in [-0.4, -0.2) is 25.8 Å². The molecule has 0 unspecified atom stereocenters. The van der Waals surface area contributed by atoms with E-state index in [-0.39, 0.29) is 0 Å². The Kier molecular flexibility index (Phi) is 4.89. The van der Waals surface area contributed by atoms with Gasteiger partial charge >= 0.3 is 0 Å². The molecule has 1 N–H and O–H groups in total. The van der Waals surface area contributed by atoms with E-state index in [4.69, 9.17) is 9.47 Å². The van der Waals surface area contributed by atoms with Gasteiger partial charge in [0.05, 0.1) is 11.6 Å². The van der Waals surface area contributed by atoms with Crippen LogP contribution < -0.4 is 14.8 Å². The topological polar surface area (TPSA) is 30.5 Å². The molecule has 1 aliphatic carbocycles. The Hall–Kier alpha value is -0.740. The van der Waals surface area contributed by atoms with E-state index >= 15 is 0 Å². The normalized spacial score (nSPS) is 22.4. The molecule has 1 aromatic carbocycles. The Bertz CT molecular complexity index is 391. The van der Waals surface area contributed by atoms with Crippen LogP contribution in [0, 0.1) is 0 Å². The van der Waals surface area contributed by atoms with Crippen LogP contribution in [0.4, 0.5) is 0 Å². The summed E-state index contributed by atoms with van der Waals surface area (Å²) in [5.41, 5.74) is 0. The van der Waals surface area contributed by atoms with E-state index in [2.05, 4.69) is 28.2 Å². The zero-order chi connectivity index (χ0) is 13.0. The highest BCUT2D eigenvalue weighted by atomic mass is 79.9. The van der Waals surface area contributed by atoms with Gasteiger partial charge in [0.1, 0.15) is 6.10 Å². The lowest BCUT2D eigenvalue weighted by molar-refractivity contribution is 0.0815. The number of hydrogen-bond acceptors (Lipinski definition) is 3. The lowest BCUT2D eigenvalue weighted by Crippen LogP contribution is -2.47.